The number of nitrogens with zero attached hydrogens (tertiary/aromatic N) is 2. The Morgan fingerprint density at radius 1 is 1.59 bits per heavy atom. The molecule has 1 unspecified atom stereocenters. The average Bonchev–Trinajstić information content (AvgIpc) is 2.35. The van der Waals surface area contributed by atoms with Crippen molar-refractivity contribution in [3.05, 3.63) is 22.8 Å². The van der Waals surface area contributed by atoms with Crippen molar-refractivity contribution in [1.29, 1.82) is 0 Å². The van der Waals surface area contributed by atoms with Crippen LogP contribution >= 0.6 is 23.4 Å². The zero-order valence-corrected chi connectivity index (χ0v) is 12.2. The molecule has 1 aromatic rings. The van der Waals surface area contributed by atoms with Gasteiger partial charge in [-0.25, -0.2) is 4.98 Å². The van der Waals surface area contributed by atoms with Gasteiger partial charge in [0.1, 0.15) is 5.82 Å². The molecule has 1 heterocycles. The number of thioether (sulfide) groups is 1. The van der Waals surface area contributed by atoms with E-state index in [2.05, 4.69) is 23.1 Å². The zero-order chi connectivity index (χ0) is 12.8. The van der Waals surface area contributed by atoms with Crippen LogP contribution in [0.15, 0.2) is 12.3 Å². The van der Waals surface area contributed by atoms with Crippen LogP contribution in [0.1, 0.15) is 18.9 Å². The Balaban J connectivity index is 2.84. The summed E-state index contributed by atoms with van der Waals surface area (Å²) in [4.78, 5) is 6.47. The normalized spacial score (nSPS) is 12.5. The van der Waals surface area contributed by atoms with Crippen molar-refractivity contribution in [2.24, 2.45) is 5.73 Å². The fraction of sp³-hybridized carbons (Fsp3) is 0.583. The van der Waals surface area contributed by atoms with Crippen molar-refractivity contribution in [1.82, 2.24) is 4.98 Å². The Morgan fingerprint density at radius 2 is 2.29 bits per heavy atom. The number of hydrogen-bond donors (Lipinski definition) is 1. The van der Waals surface area contributed by atoms with Gasteiger partial charge in [0.05, 0.1) is 5.02 Å². The molecular formula is C12H20ClN3S. The lowest BCUT2D eigenvalue weighted by atomic mass is 10.2. The van der Waals surface area contributed by atoms with Gasteiger partial charge in [-0.2, -0.15) is 11.8 Å². The molecule has 0 fully saturated rings. The minimum absolute atomic E-state index is 0.417. The third kappa shape index (κ3) is 3.76. The fourth-order valence-electron chi connectivity index (χ4n) is 1.57. The van der Waals surface area contributed by atoms with Crippen LogP contribution in [0.5, 0.6) is 0 Å². The molecular weight excluding hydrogens is 254 g/mol. The summed E-state index contributed by atoms with van der Waals surface area (Å²) >= 11 is 8.15. The van der Waals surface area contributed by atoms with E-state index >= 15 is 0 Å². The SMILES string of the molecule is CSCCC(C)N(C)c1nccc(CN)c1Cl. The Labute approximate surface area is 113 Å². The predicted octanol–water partition coefficient (Wildman–Crippen LogP) is 2.77. The number of aromatic nitrogens is 1. The lowest BCUT2D eigenvalue weighted by molar-refractivity contribution is 0.662. The summed E-state index contributed by atoms with van der Waals surface area (Å²) in [5.41, 5.74) is 6.59. The molecule has 5 heteroatoms. The number of anilines is 1. The van der Waals surface area contributed by atoms with Crippen LogP contribution in [-0.2, 0) is 6.54 Å². The summed E-state index contributed by atoms with van der Waals surface area (Å²) in [5.74, 6) is 1.96. The number of rotatable bonds is 6. The van der Waals surface area contributed by atoms with Crippen molar-refractivity contribution in [3.8, 4) is 0 Å². The van der Waals surface area contributed by atoms with E-state index in [9.17, 15) is 0 Å². The molecule has 0 amide bonds. The van der Waals surface area contributed by atoms with Gasteiger partial charge in [0.2, 0.25) is 0 Å². The van der Waals surface area contributed by atoms with E-state index in [0.717, 1.165) is 23.6 Å². The molecule has 0 aliphatic carbocycles. The predicted molar refractivity (Wildman–Crippen MR) is 78.0 cm³/mol. The molecule has 0 aromatic carbocycles. The molecule has 3 nitrogen and oxygen atoms in total. The number of hydrogen-bond acceptors (Lipinski definition) is 4. The maximum Gasteiger partial charge on any atom is 0.147 e. The number of nitrogens with two attached hydrogens (primary N) is 1. The molecule has 0 radical (unpaired) electrons. The largest absolute Gasteiger partial charge is 0.356 e. The first kappa shape index (κ1) is 14.6. The van der Waals surface area contributed by atoms with Crippen molar-refractivity contribution >= 4 is 29.2 Å². The second-order valence-corrected chi connectivity index (χ2v) is 5.42. The summed E-state index contributed by atoms with van der Waals surface area (Å²) in [5, 5.41) is 0.675. The highest BCUT2D eigenvalue weighted by molar-refractivity contribution is 7.98. The molecule has 96 valence electrons. The first-order valence-electron chi connectivity index (χ1n) is 5.67. The Bertz CT molecular complexity index is 360. The van der Waals surface area contributed by atoms with E-state index in [1.807, 2.05) is 24.9 Å². The lowest BCUT2D eigenvalue weighted by Gasteiger charge is -2.27. The Morgan fingerprint density at radius 3 is 2.88 bits per heavy atom. The molecule has 1 rings (SSSR count). The summed E-state index contributed by atoms with van der Waals surface area (Å²) in [6.07, 6.45) is 5.00. The van der Waals surface area contributed by atoms with Crippen LogP contribution in [0.25, 0.3) is 0 Å². The Kier molecular flexibility index (Phi) is 6.09. The van der Waals surface area contributed by atoms with Gasteiger partial charge >= 0.3 is 0 Å². The van der Waals surface area contributed by atoms with Gasteiger partial charge in [0.25, 0.3) is 0 Å². The first-order chi connectivity index (χ1) is 8.11. The van der Waals surface area contributed by atoms with E-state index in [4.69, 9.17) is 17.3 Å². The Hall–Kier alpha value is -0.450. The van der Waals surface area contributed by atoms with E-state index < -0.39 is 0 Å². The molecule has 2 N–H and O–H groups in total. The monoisotopic (exact) mass is 273 g/mol. The van der Waals surface area contributed by atoms with Crippen LogP contribution in [0.2, 0.25) is 5.02 Å². The van der Waals surface area contributed by atoms with E-state index in [0.29, 0.717) is 17.6 Å². The third-order valence-corrected chi connectivity index (χ3v) is 3.96. The molecule has 0 saturated carbocycles. The molecule has 0 bridgehead atoms. The summed E-state index contributed by atoms with van der Waals surface area (Å²) in [6, 6.07) is 2.28. The molecule has 17 heavy (non-hydrogen) atoms. The third-order valence-electron chi connectivity index (χ3n) is 2.91. The second-order valence-electron chi connectivity index (χ2n) is 4.05. The molecule has 0 spiro atoms. The van der Waals surface area contributed by atoms with Gasteiger partial charge in [-0.05, 0) is 37.0 Å². The fourth-order valence-corrected chi connectivity index (χ4v) is 2.46. The topological polar surface area (TPSA) is 42.2 Å². The van der Waals surface area contributed by atoms with Gasteiger partial charge in [-0.15, -0.1) is 0 Å². The van der Waals surface area contributed by atoms with E-state index in [1.54, 1.807) is 6.20 Å². The summed E-state index contributed by atoms with van der Waals surface area (Å²) in [6.45, 7) is 2.63. The van der Waals surface area contributed by atoms with Crippen LogP contribution in [-0.4, -0.2) is 30.1 Å². The second kappa shape index (κ2) is 7.09. The zero-order valence-electron chi connectivity index (χ0n) is 10.6. The van der Waals surface area contributed by atoms with Crippen molar-refractivity contribution in [3.63, 3.8) is 0 Å². The summed E-state index contributed by atoms with van der Waals surface area (Å²) < 4.78 is 0. The molecule has 1 atom stereocenters. The van der Waals surface area contributed by atoms with Crippen LogP contribution in [0.4, 0.5) is 5.82 Å². The van der Waals surface area contributed by atoms with Gasteiger partial charge in [-0.3, -0.25) is 0 Å². The highest BCUT2D eigenvalue weighted by Gasteiger charge is 2.15. The van der Waals surface area contributed by atoms with Crippen molar-refractivity contribution in [2.75, 3.05) is 24.0 Å². The van der Waals surface area contributed by atoms with Gasteiger partial charge in [0, 0.05) is 25.8 Å². The summed E-state index contributed by atoms with van der Waals surface area (Å²) in [7, 11) is 2.03. The van der Waals surface area contributed by atoms with Crippen molar-refractivity contribution in [2.45, 2.75) is 25.9 Å². The van der Waals surface area contributed by atoms with Crippen LogP contribution < -0.4 is 10.6 Å². The van der Waals surface area contributed by atoms with Gasteiger partial charge in [0.15, 0.2) is 0 Å². The van der Waals surface area contributed by atoms with Crippen LogP contribution in [0.3, 0.4) is 0 Å². The van der Waals surface area contributed by atoms with Crippen LogP contribution in [0, 0.1) is 0 Å². The van der Waals surface area contributed by atoms with E-state index in [-0.39, 0.29) is 0 Å². The maximum absolute atomic E-state index is 6.29. The minimum atomic E-state index is 0.417. The highest BCUT2D eigenvalue weighted by atomic mass is 35.5. The van der Waals surface area contributed by atoms with E-state index in [1.165, 1.54) is 0 Å². The molecule has 1 aromatic heterocycles. The lowest BCUT2D eigenvalue weighted by Crippen LogP contribution is -2.30. The quantitative estimate of drug-likeness (QED) is 0.865. The maximum atomic E-state index is 6.29. The van der Waals surface area contributed by atoms with Crippen molar-refractivity contribution < 1.29 is 0 Å². The first-order valence-corrected chi connectivity index (χ1v) is 7.44. The number of halogens is 1. The molecule has 0 aliphatic heterocycles. The van der Waals surface area contributed by atoms with Gasteiger partial charge < -0.3 is 10.6 Å². The molecule has 0 aliphatic rings. The highest BCUT2D eigenvalue weighted by Crippen LogP contribution is 2.27. The van der Waals surface area contributed by atoms with Gasteiger partial charge in [-0.1, -0.05) is 11.6 Å². The smallest absolute Gasteiger partial charge is 0.147 e. The number of pyridine rings is 1. The average molecular weight is 274 g/mol. The standard InChI is InChI=1S/C12H20ClN3S/c1-9(5-7-17-3)16(2)12-11(13)10(8-14)4-6-15-12/h4,6,9H,5,7-8,14H2,1-3H3. The minimum Gasteiger partial charge on any atom is -0.356 e. The molecule has 0 saturated heterocycles.